The molecule has 1 aromatic rings. The van der Waals surface area contributed by atoms with E-state index in [0.29, 0.717) is 5.56 Å². The van der Waals surface area contributed by atoms with Gasteiger partial charge in [0.05, 0.1) is 11.5 Å². The summed E-state index contributed by atoms with van der Waals surface area (Å²) in [6.07, 6.45) is 0. The van der Waals surface area contributed by atoms with E-state index in [1.165, 1.54) is 6.07 Å². The predicted molar refractivity (Wildman–Crippen MR) is 71.7 cm³/mol. The van der Waals surface area contributed by atoms with Crippen LogP contribution in [0.2, 0.25) is 0 Å². The van der Waals surface area contributed by atoms with E-state index < -0.39 is 10.0 Å². The van der Waals surface area contributed by atoms with Gasteiger partial charge >= 0.3 is 0 Å². The molecule has 0 fully saturated rings. The zero-order chi connectivity index (χ0) is 13.9. The molecule has 1 rings (SSSR count). The van der Waals surface area contributed by atoms with Crippen molar-refractivity contribution < 1.29 is 13.5 Å². The van der Waals surface area contributed by atoms with Crippen LogP contribution in [0.25, 0.3) is 0 Å². The molecule has 1 unspecified atom stereocenters. The van der Waals surface area contributed by atoms with Gasteiger partial charge in [0.25, 0.3) is 0 Å². The molecule has 0 heterocycles. The minimum atomic E-state index is -3.51. The predicted octanol–water partition coefficient (Wildman–Crippen LogP) is 1.81. The van der Waals surface area contributed by atoms with Crippen LogP contribution in [0.3, 0.4) is 0 Å². The molecule has 0 bridgehead atoms. The highest BCUT2D eigenvalue weighted by molar-refractivity contribution is 7.89. The van der Waals surface area contributed by atoms with Gasteiger partial charge in [-0.2, -0.15) is 0 Å². The van der Waals surface area contributed by atoms with Crippen molar-refractivity contribution in [3.8, 4) is 0 Å². The lowest BCUT2D eigenvalue weighted by Gasteiger charge is -2.18. The molecule has 18 heavy (non-hydrogen) atoms. The Kier molecular flexibility index (Phi) is 4.90. The summed E-state index contributed by atoms with van der Waals surface area (Å²) in [5.74, 6) is 0.225. The van der Waals surface area contributed by atoms with E-state index in [1.807, 2.05) is 27.7 Å². The molecule has 1 atom stereocenters. The highest BCUT2D eigenvalue weighted by atomic mass is 32.2. The molecule has 0 aliphatic rings. The fourth-order valence-corrected chi connectivity index (χ4v) is 2.88. The molecular formula is C13H21NO3S. The third kappa shape index (κ3) is 3.54. The summed E-state index contributed by atoms with van der Waals surface area (Å²) in [6.45, 7) is 7.44. The largest absolute Gasteiger partial charge is 0.392 e. The normalized spacial score (nSPS) is 13.9. The lowest BCUT2D eigenvalue weighted by molar-refractivity contribution is 0.280. The number of rotatable bonds is 5. The van der Waals surface area contributed by atoms with E-state index in [9.17, 15) is 8.42 Å². The smallest absolute Gasteiger partial charge is 0.240 e. The van der Waals surface area contributed by atoms with Gasteiger partial charge in [0.1, 0.15) is 0 Å². The van der Waals surface area contributed by atoms with Gasteiger partial charge in [-0.25, -0.2) is 13.1 Å². The van der Waals surface area contributed by atoms with E-state index in [1.54, 1.807) is 12.1 Å². The van der Waals surface area contributed by atoms with Gasteiger partial charge in [-0.15, -0.1) is 0 Å². The number of benzene rings is 1. The monoisotopic (exact) mass is 271 g/mol. The van der Waals surface area contributed by atoms with Gasteiger partial charge in [-0.3, -0.25) is 0 Å². The minimum Gasteiger partial charge on any atom is -0.392 e. The van der Waals surface area contributed by atoms with Crippen LogP contribution in [0.4, 0.5) is 0 Å². The van der Waals surface area contributed by atoms with Crippen molar-refractivity contribution in [3.63, 3.8) is 0 Å². The van der Waals surface area contributed by atoms with E-state index in [-0.39, 0.29) is 23.5 Å². The Labute approximate surface area is 109 Å². The van der Waals surface area contributed by atoms with Crippen molar-refractivity contribution in [1.29, 1.82) is 0 Å². The number of nitrogens with one attached hydrogen (secondary N) is 1. The second-order valence-electron chi connectivity index (χ2n) is 4.90. The molecule has 0 spiro atoms. The minimum absolute atomic E-state index is 0.131. The lowest BCUT2D eigenvalue weighted by atomic mass is 10.1. The van der Waals surface area contributed by atoms with Crippen LogP contribution in [-0.2, 0) is 16.6 Å². The van der Waals surface area contributed by atoms with Gasteiger partial charge in [-0.1, -0.05) is 19.9 Å². The van der Waals surface area contributed by atoms with Crippen LogP contribution in [0, 0.1) is 12.8 Å². The fourth-order valence-electron chi connectivity index (χ4n) is 1.43. The van der Waals surface area contributed by atoms with E-state index >= 15 is 0 Å². The highest BCUT2D eigenvalue weighted by Crippen LogP contribution is 2.16. The first-order chi connectivity index (χ1) is 8.27. The fraction of sp³-hybridized carbons (Fsp3) is 0.538. The third-order valence-electron chi connectivity index (χ3n) is 3.14. The molecule has 0 radical (unpaired) electrons. The maximum atomic E-state index is 12.1. The van der Waals surface area contributed by atoms with Gasteiger partial charge in [0.15, 0.2) is 0 Å². The van der Waals surface area contributed by atoms with Gasteiger partial charge in [0.2, 0.25) is 10.0 Å². The summed E-state index contributed by atoms with van der Waals surface area (Å²) in [6, 6.07) is 4.66. The Morgan fingerprint density at radius 1 is 1.28 bits per heavy atom. The summed E-state index contributed by atoms with van der Waals surface area (Å²) in [5.41, 5.74) is 1.52. The van der Waals surface area contributed by atoms with Gasteiger partial charge < -0.3 is 5.11 Å². The first-order valence-electron chi connectivity index (χ1n) is 6.00. The van der Waals surface area contributed by atoms with Crippen molar-refractivity contribution in [2.45, 2.75) is 45.2 Å². The molecule has 4 nitrogen and oxygen atoms in total. The molecule has 102 valence electrons. The maximum Gasteiger partial charge on any atom is 0.240 e. The second-order valence-corrected chi connectivity index (χ2v) is 6.61. The highest BCUT2D eigenvalue weighted by Gasteiger charge is 2.19. The first-order valence-corrected chi connectivity index (χ1v) is 7.49. The SMILES string of the molecule is Cc1ccc(S(=O)(=O)NC(C)C(C)C)cc1CO. The van der Waals surface area contributed by atoms with Crippen LogP contribution in [0.5, 0.6) is 0 Å². The van der Waals surface area contributed by atoms with Crippen molar-refractivity contribution in [3.05, 3.63) is 29.3 Å². The Bertz CT molecular complexity index is 509. The third-order valence-corrected chi connectivity index (χ3v) is 4.70. The second kappa shape index (κ2) is 5.82. The average molecular weight is 271 g/mol. The molecule has 0 amide bonds. The molecule has 0 saturated carbocycles. The number of aryl methyl sites for hydroxylation is 1. The summed E-state index contributed by atoms with van der Waals surface area (Å²) >= 11 is 0. The van der Waals surface area contributed by atoms with Gasteiger partial charge in [0, 0.05) is 6.04 Å². The first kappa shape index (κ1) is 15.1. The van der Waals surface area contributed by atoms with E-state index in [2.05, 4.69) is 4.72 Å². The molecule has 0 saturated heterocycles. The molecule has 0 aromatic heterocycles. The van der Waals surface area contributed by atoms with Crippen molar-refractivity contribution >= 4 is 10.0 Å². The molecular weight excluding hydrogens is 250 g/mol. The number of aliphatic hydroxyl groups is 1. The zero-order valence-electron chi connectivity index (χ0n) is 11.3. The van der Waals surface area contributed by atoms with E-state index in [0.717, 1.165) is 5.56 Å². The Balaban J connectivity index is 3.05. The molecule has 2 N–H and O–H groups in total. The number of hydrogen-bond acceptors (Lipinski definition) is 3. The van der Waals surface area contributed by atoms with Crippen LogP contribution < -0.4 is 4.72 Å². The van der Waals surface area contributed by atoms with Crippen LogP contribution in [-0.4, -0.2) is 19.6 Å². The zero-order valence-corrected chi connectivity index (χ0v) is 12.1. The standard InChI is InChI=1S/C13H21NO3S/c1-9(2)11(4)14-18(16,17)13-6-5-10(3)12(7-13)8-15/h5-7,9,11,14-15H,8H2,1-4H3. The summed E-state index contributed by atoms with van der Waals surface area (Å²) in [7, 11) is -3.51. The molecule has 1 aromatic carbocycles. The van der Waals surface area contributed by atoms with Crippen molar-refractivity contribution in [1.82, 2.24) is 4.72 Å². The average Bonchev–Trinajstić information content (AvgIpc) is 2.28. The van der Waals surface area contributed by atoms with Crippen molar-refractivity contribution in [2.24, 2.45) is 5.92 Å². The topological polar surface area (TPSA) is 66.4 Å². The van der Waals surface area contributed by atoms with Crippen LogP contribution in [0.1, 0.15) is 31.9 Å². The van der Waals surface area contributed by atoms with Crippen LogP contribution >= 0.6 is 0 Å². The number of hydrogen-bond donors (Lipinski definition) is 2. The van der Waals surface area contributed by atoms with E-state index in [4.69, 9.17) is 5.11 Å². The number of sulfonamides is 1. The molecule has 5 heteroatoms. The number of aliphatic hydroxyl groups excluding tert-OH is 1. The maximum absolute atomic E-state index is 12.1. The molecule has 0 aliphatic heterocycles. The quantitative estimate of drug-likeness (QED) is 0.858. The Hall–Kier alpha value is -0.910. The summed E-state index contributed by atoms with van der Waals surface area (Å²) < 4.78 is 26.9. The Morgan fingerprint density at radius 2 is 1.89 bits per heavy atom. The van der Waals surface area contributed by atoms with Gasteiger partial charge in [-0.05, 0) is 43.0 Å². The van der Waals surface area contributed by atoms with Crippen molar-refractivity contribution in [2.75, 3.05) is 0 Å². The Morgan fingerprint density at radius 3 is 2.39 bits per heavy atom. The van der Waals surface area contributed by atoms with Crippen LogP contribution in [0.15, 0.2) is 23.1 Å². The lowest BCUT2D eigenvalue weighted by Crippen LogP contribution is -2.36. The molecule has 0 aliphatic carbocycles. The summed E-state index contributed by atoms with van der Waals surface area (Å²) in [5, 5.41) is 9.16. The summed E-state index contributed by atoms with van der Waals surface area (Å²) in [4.78, 5) is 0.199.